The Hall–Kier alpha value is -2.22. The van der Waals surface area contributed by atoms with E-state index >= 15 is 0 Å². The van der Waals surface area contributed by atoms with Crippen LogP contribution >= 0.6 is 0 Å². The predicted molar refractivity (Wildman–Crippen MR) is 84.0 cm³/mol. The van der Waals surface area contributed by atoms with Crippen molar-refractivity contribution in [2.24, 2.45) is 0 Å². The molecule has 24 heavy (non-hydrogen) atoms. The minimum atomic E-state index is -2.64. The van der Waals surface area contributed by atoms with Crippen LogP contribution in [-0.4, -0.2) is 34.5 Å². The molecule has 0 atom stereocenters. The van der Waals surface area contributed by atoms with Crippen molar-refractivity contribution in [3.63, 3.8) is 0 Å². The molecule has 5 nitrogen and oxygen atoms in total. The average Bonchev–Trinajstić information content (AvgIpc) is 2.79. The molecule has 8 heteroatoms. The second-order valence-corrected chi connectivity index (χ2v) is 5.29. The van der Waals surface area contributed by atoms with Crippen LogP contribution in [0.3, 0.4) is 0 Å². The number of anilines is 1. The van der Waals surface area contributed by atoms with Gasteiger partial charge in [-0.15, -0.1) is 0 Å². The lowest BCUT2D eigenvalue weighted by Crippen LogP contribution is -2.10. The zero-order valence-electron chi connectivity index (χ0n) is 13.5. The van der Waals surface area contributed by atoms with Crippen LogP contribution in [0.1, 0.15) is 17.0 Å². The zero-order chi connectivity index (χ0) is 17.7. The second kappa shape index (κ2) is 8.05. The first kappa shape index (κ1) is 18.1. The maximum Gasteiger partial charge on any atom is 0.272 e. The molecule has 0 radical (unpaired) electrons. The molecule has 0 aliphatic heterocycles. The van der Waals surface area contributed by atoms with Crippen molar-refractivity contribution >= 4 is 5.69 Å². The lowest BCUT2D eigenvalue weighted by Gasteiger charge is -2.13. The number of aromatic nitrogens is 2. The molecule has 1 aromatic heterocycles. The van der Waals surface area contributed by atoms with E-state index in [0.717, 1.165) is 23.0 Å². The molecule has 2 aromatic rings. The highest BCUT2D eigenvalue weighted by atomic mass is 19.3. The number of aliphatic hydroxyl groups is 1. The fourth-order valence-corrected chi connectivity index (χ4v) is 2.40. The zero-order valence-corrected chi connectivity index (χ0v) is 13.5. The molecular weight excluding hydrogens is 323 g/mol. The summed E-state index contributed by atoms with van der Waals surface area (Å²) in [4.78, 5) is 0. The van der Waals surface area contributed by atoms with Crippen molar-refractivity contribution in [1.82, 2.24) is 9.78 Å². The molecule has 0 saturated carbocycles. The monoisotopic (exact) mass is 343 g/mol. The second-order valence-electron chi connectivity index (χ2n) is 5.29. The Kier molecular flexibility index (Phi) is 6.08. The van der Waals surface area contributed by atoms with Gasteiger partial charge in [0.1, 0.15) is 18.2 Å². The topological polar surface area (TPSA) is 59.3 Å². The summed E-state index contributed by atoms with van der Waals surface area (Å²) in [6.07, 6.45) is -2.64. The number of nitrogens with zero attached hydrogens (tertiary/aromatic N) is 2. The number of benzene rings is 1. The number of aliphatic hydroxyl groups excluding tert-OH is 1. The third kappa shape index (κ3) is 4.41. The molecule has 0 aliphatic rings. The Morgan fingerprint density at radius 3 is 2.75 bits per heavy atom. The number of ether oxygens (including phenoxy) is 1. The van der Waals surface area contributed by atoms with Crippen LogP contribution < -0.4 is 10.1 Å². The van der Waals surface area contributed by atoms with E-state index in [1.165, 1.54) is 12.1 Å². The number of hydrogen-bond acceptors (Lipinski definition) is 4. The van der Waals surface area contributed by atoms with E-state index in [-0.39, 0.29) is 12.4 Å². The minimum absolute atomic E-state index is 0.0155. The van der Waals surface area contributed by atoms with Gasteiger partial charge in [0.2, 0.25) is 0 Å². The van der Waals surface area contributed by atoms with Crippen molar-refractivity contribution in [2.45, 2.75) is 33.4 Å². The Bertz CT molecular complexity index is 689. The maximum atomic E-state index is 13.3. The van der Waals surface area contributed by atoms with Crippen molar-refractivity contribution in [3.8, 4) is 5.75 Å². The van der Waals surface area contributed by atoms with Gasteiger partial charge in [0.25, 0.3) is 6.43 Å². The van der Waals surface area contributed by atoms with Crippen molar-refractivity contribution < 1.29 is 23.0 Å². The third-order valence-electron chi connectivity index (χ3n) is 3.61. The number of hydrogen-bond donors (Lipinski definition) is 2. The van der Waals surface area contributed by atoms with E-state index in [2.05, 4.69) is 10.4 Å². The van der Waals surface area contributed by atoms with Crippen LogP contribution in [0.5, 0.6) is 5.75 Å². The van der Waals surface area contributed by atoms with Gasteiger partial charge in [-0.05, 0) is 26.0 Å². The van der Waals surface area contributed by atoms with Gasteiger partial charge in [-0.2, -0.15) is 5.10 Å². The molecule has 132 valence electrons. The lowest BCUT2D eigenvalue weighted by molar-refractivity contribution is 0.0821. The van der Waals surface area contributed by atoms with Crippen molar-refractivity contribution in [3.05, 3.63) is 41.0 Å². The van der Waals surface area contributed by atoms with Crippen LogP contribution in [0, 0.1) is 19.7 Å². The molecule has 0 amide bonds. The summed E-state index contributed by atoms with van der Waals surface area (Å²) in [7, 11) is 0. The Labute approximate surface area is 138 Å². The summed E-state index contributed by atoms with van der Waals surface area (Å²) in [5, 5.41) is 16.4. The van der Waals surface area contributed by atoms with E-state index in [9.17, 15) is 13.2 Å². The first-order valence-corrected chi connectivity index (χ1v) is 7.50. The average molecular weight is 343 g/mol. The first-order valence-electron chi connectivity index (χ1n) is 7.50. The van der Waals surface area contributed by atoms with Gasteiger partial charge in [0.15, 0.2) is 0 Å². The molecule has 0 aliphatic carbocycles. The molecule has 0 bridgehead atoms. The molecule has 1 aromatic carbocycles. The summed E-state index contributed by atoms with van der Waals surface area (Å²) >= 11 is 0. The standard InChI is InChI=1S/C16H20F3N3O2/c1-10-13(11(2)22(21-10)5-6-23)8-20-14-4-3-12(17)7-15(14)24-9-16(18)19/h3-4,7,16,20,23H,5-6,8-9H2,1-2H3. The number of alkyl halides is 2. The van der Waals surface area contributed by atoms with Crippen LogP contribution in [-0.2, 0) is 13.1 Å². The van der Waals surface area contributed by atoms with E-state index in [1.54, 1.807) is 4.68 Å². The van der Waals surface area contributed by atoms with E-state index in [1.807, 2.05) is 13.8 Å². The van der Waals surface area contributed by atoms with Gasteiger partial charge < -0.3 is 15.2 Å². The number of nitrogens with one attached hydrogen (secondary N) is 1. The highest BCUT2D eigenvalue weighted by Gasteiger charge is 2.13. The Morgan fingerprint density at radius 1 is 1.33 bits per heavy atom. The normalized spacial score (nSPS) is 11.1. The SMILES string of the molecule is Cc1nn(CCO)c(C)c1CNc1ccc(F)cc1OCC(F)F. The Balaban J connectivity index is 2.14. The predicted octanol–water partition coefficient (Wildman–Crippen LogP) is 2.89. The van der Waals surface area contributed by atoms with Gasteiger partial charge in [-0.3, -0.25) is 4.68 Å². The fourth-order valence-electron chi connectivity index (χ4n) is 2.40. The molecule has 0 fully saturated rings. The quantitative estimate of drug-likeness (QED) is 0.774. The van der Waals surface area contributed by atoms with E-state index < -0.39 is 18.8 Å². The van der Waals surface area contributed by atoms with Crippen LogP contribution in [0.2, 0.25) is 0 Å². The van der Waals surface area contributed by atoms with Crippen molar-refractivity contribution in [2.75, 3.05) is 18.5 Å². The molecule has 2 rings (SSSR count). The largest absolute Gasteiger partial charge is 0.485 e. The third-order valence-corrected chi connectivity index (χ3v) is 3.61. The number of aryl methyl sites for hydroxylation is 1. The van der Waals surface area contributed by atoms with Gasteiger partial charge in [0, 0.05) is 23.9 Å². The lowest BCUT2D eigenvalue weighted by atomic mass is 10.2. The number of rotatable bonds is 8. The van der Waals surface area contributed by atoms with Gasteiger partial charge in [-0.1, -0.05) is 0 Å². The smallest absolute Gasteiger partial charge is 0.272 e. The van der Waals surface area contributed by atoms with Gasteiger partial charge in [-0.25, -0.2) is 13.2 Å². The highest BCUT2D eigenvalue weighted by molar-refractivity contribution is 5.57. The van der Waals surface area contributed by atoms with E-state index in [0.29, 0.717) is 18.8 Å². The Morgan fingerprint density at radius 2 is 2.08 bits per heavy atom. The van der Waals surface area contributed by atoms with Crippen LogP contribution in [0.25, 0.3) is 0 Å². The molecule has 0 spiro atoms. The maximum absolute atomic E-state index is 13.3. The minimum Gasteiger partial charge on any atom is -0.485 e. The highest BCUT2D eigenvalue weighted by Crippen LogP contribution is 2.27. The fraction of sp³-hybridized carbons (Fsp3) is 0.438. The number of halogens is 3. The summed E-state index contributed by atoms with van der Waals surface area (Å²) in [6.45, 7) is 3.68. The van der Waals surface area contributed by atoms with Crippen molar-refractivity contribution in [1.29, 1.82) is 0 Å². The molecule has 2 N–H and O–H groups in total. The van der Waals surface area contributed by atoms with Gasteiger partial charge in [0.05, 0.1) is 24.5 Å². The molecule has 1 heterocycles. The van der Waals surface area contributed by atoms with Gasteiger partial charge >= 0.3 is 0 Å². The van der Waals surface area contributed by atoms with E-state index in [4.69, 9.17) is 9.84 Å². The molecule has 0 unspecified atom stereocenters. The van der Waals surface area contributed by atoms with Crippen LogP contribution in [0.15, 0.2) is 18.2 Å². The summed E-state index contributed by atoms with van der Waals surface area (Å²) < 4.78 is 44.6. The summed E-state index contributed by atoms with van der Waals surface area (Å²) in [6, 6.07) is 3.74. The molecule has 0 saturated heterocycles. The first-order chi connectivity index (χ1) is 11.4. The summed E-state index contributed by atoms with van der Waals surface area (Å²) in [5.41, 5.74) is 3.04. The summed E-state index contributed by atoms with van der Waals surface area (Å²) in [5.74, 6) is -0.527. The van der Waals surface area contributed by atoms with Crippen LogP contribution in [0.4, 0.5) is 18.9 Å². The molecular formula is C16H20F3N3O2.